The molecule has 4 aromatic rings. The minimum absolute atomic E-state index is 0.0989. The van der Waals surface area contributed by atoms with Crippen LogP contribution in [0.3, 0.4) is 0 Å². The van der Waals surface area contributed by atoms with E-state index in [9.17, 15) is 14.4 Å². The summed E-state index contributed by atoms with van der Waals surface area (Å²) in [5.41, 5.74) is 4.98. The van der Waals surface area contributed by atoms with Gasteiger partial charge in [-0.3, -0.25) is 19.8 Å². The third kappa shape index (κ3) is 5.70. The van der Waals surface area contributed by atoms with E-state index in [4.69, 9.17) is 23.2 Å². The van der Waals surface area contributed by atoms with Gasteiger partial charge in [-0.05, 0) is 83.0 Å². The van der Waals surface area contributed by atoms with Gasteiger partial charge in [0.15, 0.2) is 0 Å². The van der Waals surface area contributed by atoms with E-state index >= 15 is 0 Å². The van der Waals surface area contributed by atoms with E-state index in [0.29, 0.717) is 31.8 Å². The molecule has 0 saturated heterocycles. The van der Waals surface area contributed by atoms with Crippen molar-refractivity contribution in [3.8, 4) is 0 Å². The van der Waals surface area contributed by atoms with Crippen LogP contribution in [0, 0.1) is 6.92 Å². The van der Waals surface area contributed by atoms with Crippen LogP contribution in [0.15, 0.2) is 69.6 Å². The van der Waals surface area contributed by atoms with Crippen LogP contribution in [0.25, 0.3) is 10.9 Å². The molecule has 0 spiro atoms. The molecule has 0 bridgehead atoms. The van der Waals surface area contributed by atoms with E-state index in [1.54, 1.807) is 48.5 Å². The molecule has 0 saturated carbocycles. The number of carbonyl (C=O) groups is 3. The van der Waals surface area contributed by atoms with Crippen LogP contribution in [-0.4, -0.2) is 22.4 Å². The fourth-order valence-corrected chi connectivity index (χ4v) is 4.56. The van der Waals surface area contributed by atoms with Crippen LogP contribution in [0.4, 0.5) is 11.4 Å². The number of aryl methyl sites for hydroxylation is 1. The second kappa shape index (κ2) is 10.4. The number of halogens is 4. The summed E-state index contributed by atoms with van der Waals surface area (Å²) < 4.78 is 2.68. The van der Waals surface area contributed by atoms with Gasteiger partial charge >= 0.3 is 11.8 Å². The highest BCUT2D eigenvalue weighted by Gasteiger charge is 2.22. The summed E-state index contributed by atoms with van der Waals surface area (Å²) in [6.07, 6.45) is 0. The molecule has 7 nitrogen and oxygen atoms in total. The van der Waals surface area contributed by atoms with Crippen LogP contribution in [-0.2, 0) is 9.59 Å². The monoisotopic (exact) mass is 636 g/mol. The number of hydrogen-bond acceptors (Lipinski definition) is 3. The first-order valence-electron chi connectivity index (χ1n) is 10.1. The maximum absolute atomic E-state index is 13.1. The maximum atomic E-state index is 13.1. The third-order valence-electron chi connectivity index (χ3n) is 4.97. The predicted molar refractivity (Wildman–Crippen MR) is 146 cm³/mol. The smallest absolute Gasteiger partial charge is 0.321 e. The molecule has 0 aliphatic rings. The minimum Gasteiger partial charge on any atom is -0.321 e. The van der Waals surface area contributed by atoms with Crippen LogP contribution >= 0.6 is 55.1 Å². The Morgan fingerprint density at radius 2 is 1.60 bits per heavy atom. The number of hydrogen-bond donors (Lipinski definition) is 3. The molecule has 178 valence electrons. The predicted octanol–water partition coefficient (Wildman–Crippen LogP) is 6.74. The van der Waals surface area contributed by atoms with Crippen LogP contribution in [0.5, 0.6) is 0 Å². The highest BCUT2D eigenvalue weighted by Crippen LogP contribution is 2.27. The minimum atomic E-state index is -0.957. The zero-order valence-electron chi connectivity index (χ0n) is 18.0. The SMILES string of the molecule is Cc1ccc(NC(=O)C(=O)Nn2c(C(=O)Nc3ccc(Cl)c(Cl)c3)cc3cc(Br)ccc32)c(Br)c1. The maximum Gasteiger partial charge on any atom is 0.328 e. The highest BCUT2D eigenvalue weighted by molar-refractivity contribution is 9.10. The lowest BCUT2D eigenvalue weighted by molar-refractivity contribution is -0.133. The second-order valence-electron chi connectivity index (χ2n) is 7.53. The van der Waals surface area contributed by atoms with Gasteiger partial charge in [0, 0.05) is 20.0 Å². The van der Waals surface area contributed by atoms with Gasteiger partial charge in [0.05, 0.1) is 21.2 Å². The molecule has 3 N–H and O–H groups in total. The lowest BCUT2D eigenvalue weighted by Gasteiger charge is -2.13. The normalized spacial score (nSPS) is 10.8. The summed E-state index contributed by atoms with van der Waals surface area (Å²) in [5.74, 6) is -2.39. The zero-order valence-corrected chi connectivity index (χ0v) is 22.6. The number of benzene rings is 3. The molecule has 0 fully saturated rings. The Bertz CT molecular complexity index is 1500. The van der Waals surface area contributed by atoms with Gasteiger partial charge in [0.25, 0.3) is 5.91 Å². The Morgan fingerprint density at radius 3 is 2.31 bits per heavy atom. The molecule has 0 aliphatic heterocycles. The van der Waals surface area contributed by atoms with Gasteiger partial charge in [0.2, 0.25) is 0 Å². The molecule has 0 unspecified atom stereocenters. The van der Waals surface area contributed by atoms with Crippen molar-refractivity contribution in [2.75, 3.05) is 16.1 Å². The lowest BCUT2D eigenvalue weighted by atomic mass is 10.2. The number of aromatic nitrogens is 1. The van der Waals surface area contributed by atoms with Gasteiger partial charge in [0.1, 0.15) is 5.69 Å². The van der Waals surface area contributed by atoms with E-state index < -0.39 is 17.7 Å². The van der Waals surface area contributed by atoms with Gasteiger partial charge < -0.3 is 10.6 Å². The Morgan fingerprint density at radius 1 is 0.829 bits per heavy atom. The fourth-order valence-electron chi connectivity index (χ4n) is 3.30. The zero-order chi connectivity index (χ0) is 25.3. The Kier molecular flexibility index (Phi) is 7.51. The van der Waals surface area contributed by atoms with E-state index in [-0.39, 0.29) is 10.7 Å². The average Bonchev–Trinajstić information content (AvgIpc) is 3.15. The number of fused-ring (bicyclic) bond motifs is 1. The van der Waals surface area contributed by atoms with Crippen molar-refractivity contribution in [1.29, 1.82) is 0 Å². The van der Waals surface area contributed by atoms with Gasteiger partial charge in [-0.1, -0.05) is 45.2 Å². The summed E-state index contributed by atoms with van der Waals surface area (Å²) >= 11 is 18.8. The molecule has 4 rings (SSSR count). The molecule has 35 heavy (non-hydrogen) atoms. The summed E-state index contributed by atoms with van der Waals surface area (Å²) in [4.78, 5) is 38.5. The molecule has 1 heterocycles. The van der Waals surface area contributed by atoms with Crippen molar-refractivity contribution in [3.05, 3.63) is 90.9 Å². The van der Waals surface area contributed by atoms with E-state index in [2.05, 4.69) is 47.9 Å². The van der Waals surface area contributed by atoms with Gasteiger partial charge in [-0.25, -0.2) is 4.68 Å². The average molecular weight is 639 g/mol. The standard InChI is InChI=1S/C24H16Br2Cl2N4O3/c1-12-2-6-19(16(26)8-12)30-23(34)24(35)31-32-20-7-3-14(25)9-13(20)10-21(32)22(33)29-15-4-5-17(27)18(28)11-15/h2-11H,1H3,(H,29,33)(H,30,34)(H,31,35). The van der Waals surface area contributed by atoms with Crippen molar-refractivity contribution >= 4 is 95.1 Å². The number of rotatable bonds is 4. The third-order valence-corrected chi connectivity index (χ3v) is 6.85. The van der Waals surface area contributed by atoms with Crippen molar-refractivity contribution in [3.63, 3.8) is 0 Å². The molecule has 1 aromatic heterocycles. The van der Waals surface area contributed by atoms with E-state index in [0.717, 1.165) is 10.0 Å². The number of carbonyl (C=O) groups excluding carboxylic acids is 3. The molecule has 11 heteroatoms. The molecule has 0 aliphatic carbocycles. The molecule has 0 radical (unpaired) electrons. The van der Waals surface area contributed by atoms with E-state index in [1.807, 2.05) is 13.0 Å². The van der Waals surface area contributed by atoms with E-state index in [1.165, 1.54) is 10.7 Å². The first-order chi connectivity index (χ1) is 16.6. The molecule has 3 amide bonds. The van der Waals surface area contributed by atoms with Crippen LogP contribution < -0.4 is 16.1 Å². The Hall–Kier alpha value is -2.85. The highest BCUT2D eigenvalue weighted by atomic mass is 79.9. The van der Waals surface area contributed by atoms with Crippen molar-refractivity contribution in [2.45, 2.75) is 6.92 Å². The summed E-state index contributed by atoms with van der Waals surface area (Å²) in [6.45, 7) is 1.91. The van der Waals surface area contributed by atoms with Crippen LogP contribution in [0.2, 0.25) is 10.0 Å². The molecular formula is C24H16Br2Cl2N4O3. The van der Waals surface area contributed by atoms with Crippen molar-refractivity contribution in [1.82, 2.24) is 4.68 Å². The molecule has 3 aromatic carbocycles. The number of amides is 3. The summed E-state index contributed by atoms with van der Waals surface area (Å²) in [7, 11) is 0. The van der Waals surface area contributed by atoms with Crippen molar-refractivity contribution in [2.24, 2.45) is 0 Å². The Balaban J connectivity index is 1.63. The number of anilines is 2. The molecular weight excluding hydrogens is 623 g/mol. The van der Waals surface area contributed by atoms with Crippen molar-refractivity contribution < 1.29 is 14.4 Å². The second-order valence-corrected chi connectivity index (χ2v) is 10.1. The topological polar surface area (TPSA) is 92.2 Å². The first kappa shape index (κ1) is 25.2. The quantitative estimate of drug-likeness (QED) is 0.216. The van der Waals surface area contributed by atoms with Crippen LogP contribution in [0.1, 0.15) is 16.1 Å². The largest absolute Gasteiger partial charge is 0.328 e. The van der Waals surface area contributed by atoms with Gasteiger partial charge in [-0.2, -0.15) is 0 Å². The first-order valence-corrected chi connectivity index (χ1v) is 12.4. The Labute approximate surface area is 227 Å². The number of nitrogens with one attached hydrogen (secondary N) is 3. The number of nitrogens with zero attached hydrogens (tertiary/aromatic N) is 1. The summed E-state index contributed by atoms with van der Waals surface area (Å²) in [5, 5.41) is 6.58. The lowest BCUT2D eigenvalue weighted by Crippen LogP contribution is -2.36. The summed E-state index contributed by atoms with van der Waals surface area (Å²) in [6, 6.07) is 16.8. The fraction of sp³-hybridized carbons (Fsp3) is 0.0417. The molecule has 0 atom stereocenters. The van der Waals surface area contributed by atoms with Gasteiger partial charge in [-0.15, -0.1) is 0 Å².